The summed E-state index contributed by atoms with van der Waals surface area (Å²) in [6.45, 7) is 4.80. The summed E-state index contributed by atoms with van der Waals surface area (Å²) < 4.78 is 0. The topological polar surface area (TPSA) is 35.8 Å². The van der Waals surface area contributed by atoms with Crippen LogP contribution in [0.25, 0.3) is 0 Å². The van der Waals surface area contributed by atoms with E-state index in [1.165, 1.54) is 0 Å². The van der Waals surface area contributed by atoms with Gasteiger partial charge in [-0.1, -0.05) is 17.7 Å². The third-order valence-corrected chi connectivity index (χ3v) is 2.67. The first-order valence-electron chi connectivity index (χ1n) is 5.44. The lowest BCUT2D eigenvalue weighted by molar-refractivity contribution is 0.441. The molecule has 1 aromatic carbocycles. The van der Waals surface area contributed by atoms with E-state index in [0.29, 0.717) is 0 Å². The Labute approximate surface area is 102 Å². The van der Waals surface area contributed by atoms with Crippen molar-refractivity contribution in [2.75, 3.05) is 11.9 Å². The number of nitrogens with zero attached hydrogens (tertiary/aromatic N) is 1. The fourth-order valence-electron chi connectivity index (χ4n) is 1.42. The molecule has 1 rings (SSSR count). The van der Waals surface area contributed by atoms with Crippen LogP contribution in [0.3, 0.4) is 0 Å². The molecule has 1 N–H and O–H groups in total. The van der Waals surface area contributed by atoms with Crippen molar-refractivity contribution in [1.82, 2.24) is 0 Å². The maximum atomic E-state index is 8.86. The molecule has 0 aliphatic heterocycles. The van der Waals surface area contributed by atoms with Crippen molar-refractivity contribution in [3.63, 3.8) is 0 Å². The number of rotatable bonds is 5. The monoisotopic (exact) mass is 236 g/mol. The van der Waals surface area contributed by atoms with Crippen LogP contribution < -0.4 is 5.32 Å². The Morgan fingerprint density at radius 2 is 2.19 bits per heavy atom. The van der Waals surface area contributed by atoms with Gasteiger partial charge in [-0.25, -0.2) is 0 Å². The van der Waals surface area contributed by atoms with Crippen molar-refractivity contribution >= 4 is 17.3 Å². The van der Waals surface area contributed by atoms with E-state index >= 15 is 0 Å². The number of halogens is 1. The van der Waals surface area contributed by atoms with Crippen LogP contribution in [0.1, 0.15) is 26.7 Å². The van der Waals surface area contributed by atoms with Crippen LogP contribution in [0.5, 0.6) is 0 Å². The second-order valence-electron chi connectivity index (χ2n) is 4.54. The summed E-state index contributed by atoms with van der Waals surface area (Å²) in [5, 5.41) is 12.9. The van der Waals surface area contributed by atoms with Crippen LogP contribution in [0, 0.1) is 16.7 Å². The van der Waals surface area contributed by atoms with Gasteiger partial charge in [-0.05, 0) is 44.9 Å². The predicted octanol–water partition coefficient (Wildman–Crippen LogP) is 4.08. The summed E-state index contributed by atoms with van der Waals surface area (Å²) >= 11 is 5.87. The summed E-state index contributed by atoms with van der Waals surface area (Å²) in [5.41, 5.74) is 0.804. The molecule has 2 nitrogen and oxygen atoms in total. The van der Waals surface area contributed by atoms with Crippen LogP contribution in [0.2, 0.25) is 5.02 Å². The highest BCUT2D eigenvalue weighted by atomic mass is 35.5. The smallest absolute Gasteiger partial charge is 0.0683 e. The molecule has 86 valence electrons. The zero-order valence-corrected chi connectivity index (χ0v) is 10.5. The van der Waals surface area contributed by atoms with Crippen molar-refractivity contribution in [1.29, 1.82) is 5.26 Å². The van der Waals surface area contributed by atoms with Crippen LogP contribution in [0.15, 0.2) is 24.3 Å². The van der Waals surface area contributed by atoms with Gasteiger partial charge < -0.3 is 5.32 Å². The Kier molecular flexibility index (Phi) is 4.64. The summed E-state index contributed by atoms with van der Waals surface area (Å²) in [5.74, 6) is 0. The van der Waals surface area contributed by atoms with Crippen molar-refractivity contribution in [3.8, 4) is 6.07 Å². The molecule has 0 aromatic heterocycles. The molecule has 1 aromatic rings. The van der Waals surface area contributed by atoms with Crippen molar-refractivity contribution in [2.45, 2.75) is 26.7 Å². The van der Waals surface area contributed by atoms with Gasteiger partial charge in [-0.2, -0.15) is 5.26 Å². The number of nitriles is 1. The number of hydrogen-bond acceptors (Lipinski definition) is 2. The van der Waals surface area contributed by atoms with Crippen molar-refractivity contribution in [2.24, 2.45) is 5.41 Å². The molecule has 0 aliphatic carbocycles. The molecule has 0 heterocycles. The Morgan fingerprint density at radius 3 is 2.81 bits per heavy atom. The molecule has 0 radical (unpaired) electrons. The molecular weight excluding hydrogens is 220 g/mol. The lowest BCUT2D eigenvalue weighted by Gasteiger charge is -2.15. The minimum absolute atomic E-state index is 0.226. The Balaban J connectivity index is 2.29. The lowest BCUT2D eigenvalue weighted by atomic mass is 9.90. The second-order valence-corrected chi connectivity index (χ2v) is 4.97. The Hall–Kier alpha value is -1.20. The molecule has 0 fully saturated rings. The Morgan fingerprint density at radius 1 is 1.44 bits per heavy atom. The third-order valence-electron chi connectivity index (χ3n) is 2.43. The first-order valence-corrected chi connectivity index (χ1v) is 5.82. The number of nitrogens with one attached hydrogen (secondary N) is 1. The highest BCUT2D eigenvalue weighted by Gasteiger charge is 2.15. The fourth-order valence-corrected chi connectivity index (χ4v) is 1.61. The fraction of sp³-hybridized carbons (Fsp3) is 0.462. The predicted molar refractivity (Wildman–Crippen MR) is 68.6 cm³/mol. The van der Waals surface area contributed by atoms with E-state index in [-0.39, 0.29) is 5.41 Å². The maximum Gasteiger partial charge on any atom is 0.0683 e. The van der Waals surface area contributed by atoms with E-state index < -0.39 is 0 Å². The van der Waals surface area contributed by atoms with Crippen molar-refractivity contribution in [3.05, 3.63) is 29.3 Å². The van der Waals surface area contributed by atoms with E-state index in [1.54, 1.807) is 0 Å². The summed E-state index contributed by atoms with van der Waals surface area (Å²) in [6, 6.07) is 9.96. The molecule has 0 spiro atoms. The molecular formula is C13H17ClN2. The average Bonchev–Trinajstić information content (AvgIpc) is 2.25. The molecule has 0 amide bonds. The van der Waals surface area contributed by atoms with Crippen LogP contribution in [-0.2, 0) is 0 Å². The number of hydrogen-bond donors (Lipinski definition) is 1. The highest BCUT2D eigenvalue weighted by Crippen LogP contribution is 2.21. The Bertz CT molecular complexity index is 380. The second kappa shape index (κ2) is 5.77. The van der Waals surface area contributed by atoms with E-state index in [1.807, 2.05) is 38.1 Å². The largest absolute Gasteiger partial charge is 0.385 e. The van der Waals surface area contributed by atoms with Gasteiger partial charge in [-0.15, -0.1) is 0 Å². The summed E-state index contributed by atoms with van der Waals surface area (Å²) in [7, 11) is 0. The lowest BCUT2D eigenvalue weighted by Crippen LogP contribution is -2.11. The van der Waals surface area contributed by atoms with Gasteiger partial charge in [0, 0.05) is 17.3 Å². The summed E-state index contributed by atoms with van der Waals surface area (Å²) in [4.78, 5) is 0. The van der Waals surface area contributed by atoms with Gasteiger partial charge in [0.25, 0.3) is 0 Å². The molecule has 3 heteroatoms. The van der Waals surface area contributed by atoms with Gasteiger partial charge >= 0.3 is 0 Å². The van der Waals surface area contributed by atoms with Gasteiger partial charge in [0.05, 0.1) is 11.5 Å². The molecule has 0 bridgehead atoms. The SMILES string of the molecule is CC(C)(C#N)CCCNc1cccc(Cl)c1. The summed E-state index contributed by atoms with van der Waals surface area (Å²) in [6.07, 6.45) is 1.88. The number of anilines is 1. The minimum Gasteiger partial charge on any atom is -0.385 e. The first-order chi connectivity index (χ1) is 7.53. The van der Waals surface area contributed by atoms with Crippen LogP contribution in [0.4, 0.5) is 5.69 Å². The molecule has 0 saturated heterocycles. The zero-order valence-electron chi connectivity index (χ0n) is 9.76. The molecule has 0 unspecified atom stereocenters. The first kappa shape index (κ1) is 12.9. The van der Waals surface area contributed by atoms with Crippen LogP contribution in [-0.4, -0.2) is 6.54 Å². The van der Waals surface area contributed by atoms with Crippen LogP contribution >= 0.6 is 11.6 Å². The maximum absolute atomic E-state index is 8.86. The minimum atomic E-state index is -0.226. The quantitative estimate of drug-likeness (QED) is 0.782. The van der Waals surface area contributed by atoms with Gasteiger partial charge in [0.2, 0.25) is 0 Å². The standard InChI is InChI=1S/C13H17ClN2/c1-13(2,10-15)7-4-8-16-12-6-3-5-11(14)9-12/h3,5-6,9,16H,4,7-8H2,1-2H3. The van der Waals surface area contributed by atoms with Gasteiger partial charge in [-0.3, -0.25) is 0 Å². The van der Waals surface area contributed by atoms with E-state index in [9.17, 15) is 0 Å². The van der Waals surface area contributed by atoms with E-state index in [0.717, 1.165) is 30.1 Å². The average molecular weight is 237 g/mol. The number of benzene rings is 1. The van der Waals surface area contributed by atoms with Gasteiger partial charge in [0.15, 0.2) is 0 Å². The highest BCUT2D eigenvalue weighted by molar-refractivity contribution is 6.30. The third kappa shape index (κ3) is 4.55. The zero-order chi connectivity index (χ0) is 12.0. The normalized spacial score (nSPS) is 10.9. The van der Waals surface area contributed by atoms with E-state index in [2.05, 4.69) is 11.4 Å². The molecule has 0 aliphatic rings. The molecule has 0 atom stereocenters. The van der Waals surface area contributed by atoms with Gasteiger partial charge in [0.1, 0.15) is 0 Å². The molecule has 16 heavy (non-hydrogen) atoms. The van der Waals surface area contributed by atoms with Crippen molar-refractivity contribution < 1.29 is 0 Å². The molecule has 0 saturated carbocycles. The van der Waals surface area contributed by atoms with E-state index in [4.69, 9.17) is 16.9 Å².